The van der Waals surface area contributed by atoms with E-state index in [9.17, 15) is 8.42 Å². The van der Waals surface area contributed by atoms with E-state index in [1.54, 1.807) is 8.61 Å². The lowest BCUT2D eigenvalue weighted by molar-refractivity contribution is 0.240. The number of rotatable bonds is 2. The lowest BCUT2D eigenvalue weighted by Crippen LogP contribution is -2.56. The highest BCUT2D eigenvalue weighted by Gasteiger charge is 2.34. The van der Waals surface area contributed by atoms with E-state index in [4.69, 9.17) is 0 Å². The smallest absolute Gasteiger partial charge is 0.282 e. The van der Waals surface area contributed by atoms with E-state index in [0.29, 0.717) is 32.1 Å². The van der Waals surface area contributed by atoms with E-state index in [1.807, 2.05) is 6.92 Å². The fraction of sp³-hybridized carbons (Fsp3) is 1.00. The van der Waals surface area contributed by atoms with Crippen molar-refractivity contribution in [2.24, 2.45) is 5.92 Å². The maximum atomic E-state index is 12.5. The van der Waals surface area contributed by atoms with Crippen molar-refractivity contribution in [3.05, 3.63) is 0 Å². The lowest BCUT2D eigenvalue weighted by Gasteiger charge is -2.37. The zero-order valence-electron chi connectivity index (χ0n) is 11.1. The molecule has 0 aromatic heterocycles. The summed E-state index contributed by atoms with van der Waals surface area (Å²) in [6, 6.07) is 0.251. The molecule has 0 radical (unpaired) electrons. The minimum absolute atomic E-state index is 0. The maximum Gasteiger partial charge on any atom is 0.282 e. The summed E-state index contributed by atoms with van der Waals surface area (Å²) in [5.41, 5.74) is 0. The Morgan fingerprint density at radius 2 is 1.78 bits per heavy atom. The molecule has 2 aliphatic heterocycles. The number of nitrogens with zero attached hydrogens (tertiary/aromatic N) is 2. The molecule has 0 saturated carbocycles. The van der Waals surface area contributed by atoms with E-state index in [2.05, 4.69) is 12.2 Å². The van der Waals surface area contributed by atoms with Crippen molar-refractivity contribution in [3.8, 4) is 0 Å². The molecule has 2 fully saturated rings. The average molecular weight is 298 g/mol. The fourth-order valence-corrected chi connectivity index (χ4v) is 4.49. The third kappa shape index (κ3) is 3.57. The first-order chi connectivity index (χ1) is 8.00. The second-order valence-electron chi connectivity index (χ2n) is 5.33. The van der Waals surface area contributed by atoms with Gasteiger partial charge in [0.15, 0.2) is 0 Å². The molecule has 0 spiro atoms. The quantitative estimate of drug-likeness (QED) is 0.815. The Morgan fingerprint density at radius 1 is 1.11 bits per heavy atom. The molecular weight excluding hydrogens is 274 g/mol. The third-order valence-corrected chi connectivity index (χ3v) is 5.57. The van der Waals surface area contributed by atoms with Crippen molar-refractivity contribution < 1.29 is 8.42 Å². The van der Waals surface area contributed by atoms with E-state index in [1.165, 1.54) is 0 Å². The van der Waals surface area contributed by atoms with Gasteiger partial charge in [-0.25, -0.2) is 0 Å². The standard InChI is InChI=1S/C11H23N3O2S.ClH/c1-10-4-3-6-13(8-10)17(15,16)14-7-5-12-11(2)9-14;/h10-12H,3-9H2,1-2H3;1H. The maximum absolute atomic E-state index is 12.5. The average Bonchev–Trinajstić information content (AvgIpc) is 2.29. The van der Waals surface area contributed by atoms with Crippen molar-refractivity contribution in [1.82, 2.24) is 13.9 Å². The number of hydrogen-bond donors (Lipinski definition) is 1. The molecule has 0 aromatic rings. The molecule has 0 aromatic carbocycles. The van der Waals surface area contributed by atoms with Crippen LogP contribution in [-0.2, 0) is 10.2 Å². The summed E-state index contributed by atoms with van der Waals surface area (Å²) >= 11 is 0. The van der Waals surface area contributed by atoms with Crippen LogP contribution in [0.25, 0.3) is 0 Å². The van der Waals surface area contributed by atoms with Crippen LogP contribution in [0.5, 0.6) is 0 Å². The number of halogens is 1. The van der Waals surface area contributed by atoms with Gasteiger partial charge in [0, 0.05) is 38.8 Å². The normalized spacial score (nSPS) is 31.9. The summed E-state index contributed by atoms with van der Waals surface area (Å²) in [5, 5.41) is 3.27. The van der Waals surface area contributed by atoms with Gasteiger partial charge in [-0.05, 0) is 25.7 Å². The van der Waals surface area contributed by atoms with Gasteiger partial charge in [0.25, 0.3) is 10.2 Å². The van der Waals surface area contributed by atoms with Gasteiger partial charge in [0.05, 0.1) is 0 Å². The monoisotopic (exact) mass is 297 g/mol. The molecule has 0 bridgehead atoms. The van der Waals surface area contributed by atoms with Crippen molar-refractivity contribution >= 4 is 22.6 Å². The third-order valence-electron chi connectivity index (χ3n) is 3.60. The molecule has 18 heavy (non-hydrogen) atoms. The van der Waals surface area contributed by atoms with Crippen LogP contribution in [0.2, 0.25) is 0 Å². The summed E-state index contributed by atoms with van der Waals surface area (Å²) in [6.45, 7) is 7.46. The first-order valence-electron chi connectivity index (χ1n) is 6.49. The summed E-state index contributed by atoms with van der Waals surface area (Å²) in [5.74, 6) is 0.485. The minimum Gasteiger partial charge on any atom is -0.312 e. The van der Waals surface area contributed by atoms with Crippen LogP contribution in [0.4, 0.5) is 0 Å². The molecule has 2 heterocycles. The van der Waals surface area contributed by atoms with E-state index in [-0.39, 0.29) is 18.4 Å². The summed E-state index contributed by atoms with van der Waals surface area (Å²) in [7, 11) is -3.22. The number of nitrogens with one attached hydrogen (secondary N) is 1. The number of piperazine rings is 1. The van der Waals surface area contributed by atoms with Gasteiger partial charge in [-0.1, -0.05) is 6.92 Å². The summed E-state index contributed by atoms with van der Waals surface area (Å²) in [6.07, 6.45) is 2.13. The van der Waals surface area contributed by atoms with Gasteiger partial charge in [-0.15, -0.1) is 12.4 Å². The number of piperidine rings is 1. The molecule has 0 aliphatic carbocycles. The largest absolute Gasteiger partial charge is 0.312 e. The lowest BCUT2D eigenvalue weighted by atomic mass is 10.0. The molecule has 5 nitrogen and oxygen atoms in total. The van der Waals surface area contributed by atoms with E-state index >= 15 is 0 Å². The van der Waals surface area contributed by atoms with Gasteiger partial charge in [-0.2, -0.15) is 17.0 Å². The van der Waals surface area contributed by atoms with Crippen LogP contribution in [0.3, 0.4) is 0 Å². The van der Waals surface area contributed by atoms with E-state index in [0.717, 1.165) is 19.4 Å². The van der Waals surface area contributed by atoms with Crippen LogP contribution in [0, 0.1) is 5.92 Å². The Kier molecular flexibility index (Phi) is 5.86. The minimum atomic E-state index is -3.22. The van der Waals surface area contributed by atoms with Gasteiger partial charge in [0.1, 0.15) is 0 Å². The highest BCUT2D eigenvalue weighted by molar-refractivity contribution is 7.86. The molecule has 2 rings (SSSR count). The first kappa shape index (κ1) is 16.2. The van der Waals surface area contributed by atoms with Crippen LogP contribution in [-0.4, -0.2) is 55.8 Å². The summed E-state index contributed by atoms with van der Waals surface area (Å²) < 4.78 is 28.2. The Morgan fingerprint density at radius 3 is 2.39 bits per heavy atom. The Hall–Kier alpha value is 0.120. The number of hydrogen-bond acceptors (Lipinski definition) is 3. The molecule has 0 amide bonds. The Balaban J connectivity index is 0.00000162. The fourth-order valence-electron chi connectivity index (χ4n) is 2.63. The van der Waals surface area contributed by atoms with E-state index < -0.39 is 10.2 Å². The van der Waals surface area contributed by atoms with Crippen LogP contribution in [0.1, 0.15) is 26.7 Å². The topological polar surface area (TPSA) is 52.7 Å². The van der Waals surface area contributed by atoms with Gasteiger partial charge in [0.2, 0.25) is 0 Å². The predicted molar refractivity (Wildman–Crippen MR) is 75.2 cm³/mol. The molecule has 2 unspecified atom stereocenters. The van der Waals surface area contributed by atoms with Crippen molar-refractivity contribution in [2.45, 2.75) is 32.7 Å². The zero-order chi connectivity index (χ0) is 12.5. The highest BCUT2D eigenvalue weighted by atomic mass is 35.5. The Bertz CT molecular complexity index is 335. The zero-order valence-corrected chi connectivity index (χ0v) is 12.8. The van der Waals surface area contributed by atoms with Gasteiger partial charge in [-0.3, -0.25) is 0 Å². The van der Waals surface area contributed by atoms with Crippen molar-refractivity contribution in [2.75, 3.05) is 32.7 Å². The van der Waals surface area contributed by atoms with Gasteiger partial charge < -0.3 is 5.32 Å². The van der Waals surface area contributed by atoms with Crippen molar-refractivity contribution in [3.63, 3.8) is 0 Å². The van der Waals surface area contributed by atoms with Crippen LogP contribution in [0.15, 0.2) is 0 Å². The first-order valence-corrected chi connectivity index (χ1v) is 7.88. The van der Waals surface area contributed by atoms with Crippen molar-refractivity contribution in [1.29, 1.82) is 0 Å². The molecule has 2 aliphatic rings. The molecular formula is C11H24ClN3O2S. The molecule has 108 valence electrons. The molecule has 7 heteroatoms. The highest BCUT2D eigenvalue weighted by Crippen LogP contribution is 2.21. The molecule has 2 atom stereocenters. The molecule has 2 saturated heterocycles. The second kappa shape index (κ2) is 6.52. The summed E-state index contributed by atoms with van der Waals surface area (Å²) in [4.78, 5) is 0. The predicted octanol–water partition coefficient (Wildman–Crippen LogP) is 0.679. The van der Waals surface area contributed by atoms with Crippen LogP contribution >= 0.6 is 12.4 Å². The Labute approximate surface area is 116 Å². The second-order valence-corrected chi connectivity index (χ2v) is 7.25. The molecule has 1 N–H and O–H groups in total. The van der Waals surface area contributed by atoms with Crippen LogP contribution < -0.4 is 5.32 Å². The SMILES string of the molecule is CC1CCCN(S(=O)(=O)N2CCNC(C)C2)C1.Cl. The van der Waals surface area contributed by atoms with Gasteiger partial charge >= 0.3 is 0 Å².